The summed E-state index contributed by atoms with van der Waals surface area (Å²) in [7, 11) is 0. The van der Waals surface area contributed by atoms with E-state index in [0.717, 1.165) is 12.3 Å². The molecule has 2 amide bonds. The van der Waals surface area contributed by atoms with Gasteiger partial charge in [-0.25, -0.2) is 9.59 Å². The third kappa shape index (κ3) is 2.91. The van der Waals surface area contributed by atoms with Crippen LogP contribution >= 0.6 is 11.8 Å². The van der Waals surface area contributed by atoms with Gasteiger partial charge >= 0.3 is 12.0 Å². The lowest BCUT2D eigenvalue weighted by Crippen LogP contribution is -2.49. The maximum atomic E-state index is 12.0. The fourth-order valence-corrected chi connectivity index (χ4v) is 3.56. The third-order valence-corrected chi connectivity index (χ3v) is 5.01. The first kappa shape index (κ1) is 13.5. The molecule has 1 saturated heterocycles. The lowest BCUT2D eigenvalue weighted by atomic mass is 9.83. The monoisotopic (exact) mass is 272 g/mol. The van der Waals surface area contributed by atoms with E-state index in [4.69, 9.17) is 5.11 Å². The summed E-state index contributed by atoms with van der Waals surface area (Å²) in [6, 6.07) is -0.923. The molecule has 2 aliphatic rings. The van der Waals surface area contributed by atoms with Crippen LogP contribution in [-0.2, 0) is 4.79 Å². The van der Waals surface area contributed by atoms with Crippen LogP contribution in [0.5, 0.6) is 0 Å². The van der Waals surface area contributed by atoms with Gasteiger partial charge in [0.25, 0.3) is 0 Å². The first-order valence-electron chi connectivity index (χ1n) is 6.50. The minimum absolute atomic E-state index is 0.0604. The molecule has 102 valence electrons. The summed E-state index contributed by atoms with van der Waals surface area (Å²) in [5, 5.41) is 11.9. The first-order valence-corrected chi connectivity index (χ1v) is 7.55. The summed E-state index contributed by atoms with van der Waals surface area (Å²) < 4.78 is 0. The van der Waals surface area contributed by atoms with E-state index < -0.39 is 12.0 Å². The molecular weight excluding hydrogens is 252 g/mol. The molecule has 0 bridgehead atoms. The van der Waals surface area contributed by atoms with Gasteiger partial charge in [0.05, 0.1) is 5.37 Å². The van der Waals surface area contributed by atoms with Crippen molar-refractivity contribution in [2.75, 3.05) is 12.3 Å². The normalized spacial score (nSPS) is 27.9. The summed E-state index contributed by atoms with van der Waals surface area (Å²) in [6.07, 6.45) is 4.85. The Bertz CT molecular complexity index is 333. The van der Waals surface area contributed by atoms with Crippen LogP contribution in [0.1, 0.15) is 32.6 Å². The summed E-state index contributed by atoms with van der Waals surface area (Å²) in [5.41, 5.74) is 0. The van der Waals surface area contributed by atoms with E-state index in [-0.39, 0.29) is 11.4 Å². The number of rotatable bonds is 4. The Morgan fingerprint density at radius 3 is 2.72 bits per heavy atom. The van der Waals surface area contributed by atoms with E-state index >= 15 is 0 Å². The smallest absolute Gasteiger partial charge is 0.327 e. The van der Waals surface area contributed by atoms with Crippen molar-refractivity contribution in [3.8, 4) is 0 Å². The highest BCUT2D eigenvalue weighted by Crippen LogP contribution is 2.30. The van der Waals surface area contributed by atoms with Gasteiger partial charge in [-0.1, -0.05) is 19.3 Å². The van der Waals surface area contributed by atoms with Gasteiger partial charge in [-0.3, -0.25) is 4.90 Å². The summed E-state index contributed by atoms with van der Waals surface area (Å²) in [4.78, 5) is 24.5. The molecule has 6 heteroatoms. The van der Waals surface area contributed by atoms with Crippen LogP contribution < -0.4 is 5.32 Å². The van der Waals surface area contributed by atoms with Gasteiger partial charge in [0.2, 0.25) is 0 Å². The SMILES string of the molecule is CC1SCC(C(=O)O)N1C(=O)NCCC1CCC1. The number of thioether (sulfide) groups is 1. The van der Waals surface area contributed by atoms with Gasteiger partial charge in [-0.05, 0) is 19.3 Å². The van der Waals surface area contributed by atoms with Crippen molar-refractivity contribution in [2.24, 2.45) is 5.92 Å². The number of aliphatic carboxylic acids is 1. The minimum atomic E-state index is -0.916. The lowest BCUT2D eigenvalue weighted by molar-refractivity contribution is -0.141. The van der Waals surface area contributed by atoms with Gasteiger partial charge in [-0.2, -0.15) is 0 Å². The predicted octanol–water partition coefficient (Wildman–Crippen LogP) is 1.73. The zero-order valence-corrected chi connectivity index (χ0v) is 11.4. The molecule has 0 aromatic carbocycles. The van der Waals surface area contributed by atoms with E-state index in [1.54, 1.807) is 0 Å². The van der Waals surface area contributed by atoms with Crippen molar-refractivity contribution in [3.05, 3.63) is 0 Å². The number of nitrogens with zero attached hydrogens (tertiary/aromatic N) is 1. The van der Waals surface area contributed by atoms with Crippen molar-refractivity contribution in [1.82, 2.24) is 10.2 Å². The molecule has 2 atom stereocenters. The van der Waals surface area contributed by atoms with E-state index in [9.17, 15) is 9.59 Å². The van der Waals surface area contributed by atoms with Crippen LogP contribution in [0.2, 0.25) is 0 Å². The molecule has 0 spiro atoms. The van der Waals surface area contributed by atoms with Crippen LogP contribution in [0.3, 0.4) is 0 Å². The van der Waals surface area contributed by atoms with E-state index in [1.165, 1.54) is 35.9 Å². The molecule has 2 unspecified atom stereocenters. The van der Waals surface area contributed by atoms with Crippen molar-refractivity contribution < 1.29 is 14.7 Å². The highest BCUT2D eigenvalue weighted by Gasteiger charge is 2.39. The molecule has 1 heterocycles. The Morgan fingerprint density at radius 1 is 1.44 bits per heavy atom. The number of carbonyl (C=O) groups excluding carboxylic acids is 1. The van der Waals surface area contributed by atoms with E-state index in [2.05, 4.69) is 5.32 Å². The standard InChI is InChI=1S/C12H20N2O3S/c1-8-14(10(7-18-8)11(15)16)12(17)13-6-5-9-3-2-4-9/h8-10H,2-7H2,1H3,(H,13,17)(H,15,16). The summed E-state index contributed by atoms with van der Waals surface area (Å²) in [5.74, 6) is 0.318. The Kier molecular flexibility index (Phi) is 4.37. The number of urea groups is 1. The van der Waals surface area contributed by atoms with Crippen molar-refractivity contribution >= 4 is 23.8 Å². The third-order valence-electron chi connectivity index (χ3n) is 3.80. The van der Waals surface area contributed by atoms with Crippen LogP contribution in [0.15, 0.2) is 0 Å². The fourth-order valence-electron chi connectivity index (χ4n) is 2.40. The maximum Gasteiger partial charge on any atom is 0.327 e. The van der Waals surface area contributed by atoms with Crippen molar-refractivity contribution in [3.63, 3.8) is 0 Å². The first-order chi connectivity index (χ1) is 8.59. The average molecular weight is 272 g/mol. The Balaban J connectivity index is 1.80. The van der Waals surface area contributed by atoms with Gasteiger partial charge < -0.3 is 10.4 Å². The topological polar surface area (TPSA) is 69.6 Å². The quantitative estimate of drug-likeness (QED) is 0.818. The molecule has 1 aliphatic heterocycles. The van der Waals surface area contributed by atoms with Crippen LogP contribution in [0, 0.1) is 5.92 Å². The van der Waals surface area contributed by atoms with Crippen LogP contribution in [-0.4, -0.2) is 45.7 Å². The Hall–Kier alpha value is -0.910. The fraction of sp³-hybridized carbons (Fsp3) is 0.833. The lowest BCUT2D eigenvalue weighted by Gasteiger charge is -2.28. The molecule has 0 aromatic heterocycles. The molecule has 2 rings (SSSR count). The Labute approximate surface area is 111 Å². The molecule has 0 aromatic rings. The van der Waals surface area contributed by atoms with Crippen molar-refractivity contribution in [2.45, 2.75) is 44.0 Å². The molecule has 1 saturated carbocycles. The zero-order valence-electron chi connectivity index (χ0n) is 10.6. The number of carboxylic acids is 1. The zero-order chi connectivity index (χ0) is 13.1. The van der Waals surface area contributed by atoms with Crippen LogP contribution in [0.25, 0.3) is 0 Å². The van der Waals surface area contributed by atoms with Crippen molar-refractivity contribution in [1.29, 1.82) is 0 Å². The molecule has 1 aliphatic carbocycles. The molecule has 2 N–H and O–H groups in total. The number of hydrogen-bond acceptors (Lipinski definition) is 3. The summed E-state index contributed by atoms with van der Waals surface area (Å²) in [6.45, 7) is 2.53. The largest absolute Gasteiger partial charge is 0.480 e. The molecule has 2 fully saturated rings. The Morgan fingerprint density at radius 2 is 2.17 bits per heavy atom. The van der Waals surface area contributed by atoms with Crippen LogP contribution in [0.4, 0.5) is 4.79 Å². The number of carbonyl (C=O) groups is 2. The number of carboxylic acid groups (broad SMARTS) is 1. The highest BCUT2D eigenvalue weighted by atomic mass is 32.2. The highest BCUT2D eigenvalue weighted by molar-refractivity contribution is 8.00. The van der Waals surface area contributed by atoms with E-state index in [1.807, 2.05) is 6.92 Å². The number of nitrogens with one attached hydrogen (secondary N) is 1. The van der Waals surface area contributed by atoms with E-state index in [0.29, 0.717) is 12.3 Å². The molecule has 5 nitrogen and oxygen atoms in total. The van der Waals surface area contributed by atoms with Gasteiger partial charge in [-0.15, -0.1) is 11.8 Å². The second kappa shape index (κ2) is 5.82. The van der Waals surface area contributed by atoms with Gasteiger partial charge in [0, 0.05) is 12.3 Å². The van der Waals surface area contributed by atoms with Gasteiger partial charge in [0.15, 0.2) is 0 Å². The average Bonchev–Trinajstić information content (AvgIpc) is 2.63. The molecule has 18 heavy (non-hydrogen) atoms. The number of amides is 2. The summed E-state index contributed by atoms with van der Waals surface area (Å²) >= 11 is 1.51. The maximum absolute atomic E-state index is 12.0. The predicted molar refractivity (Wildman–Crippen MR) is 70.5 cm³/mol. The second-order valence-corrected chi connectivity index (χ2v) is 6.36. The minimum Gasteiger partial charge on any atom is -0.480 e. The number of hydrogen-bond donors (Lipinski definition) is 2. The second-order valence-electron chi connectivity index (χ2n) is 5.01. The molecular formula is C12H20N2O3S. The van der Waals surface area contributed by atoms with Gasteiger partial charge in [0.1, 0.15) is 6.04 Å². The molecule has 0 radical (unpaired) electrons.